The second-order valence-electron chi connectivity index (χ2n) is 3.33. The lowest BCUT2D eigenvalue weighted by Crippen LogP contribution is -2.18. The van der Waals surface area contributed by atoms with Crippen LogP contribution in [-0.2, 0) is 9.47 Å². The van der Waals surface area contributed by atoms with E-state index in [1.165, 1.54) is 0 Å². The van der Waals surface area contributed by atoms with Gasteiger partial charge in [-0.1, -0.05) is 0 Å². The van der Waals surface area contributed by atoms with Crippen LogP contribution in [0.3, 0.4) is 0 Å². The van der Waals surface area contributed by atoms with E-state index in [0.29, 0.717) is 19.8 Å². The first-order chi connectivity index (χ1) is 7.88. The molecule has 5 heteroatoms. The molecule has 0 atom stereocenters. The quantitative estimate of drug-likeness (QED) is 0.463. The maximum Gasteiger partial charge on any atom is 0.191 e. The summed E-state index contributed by atoms with van der Waals surface area (Å²) in [5, 5.41) is 3.44. The predicted molar refractivity (Wildman–Crippen MR) is 59.4 cm³/mol. The molecule has 0 saturated carbocycles. The maximum atomic E-state index is 5.50. The molecule has 0 amide bonds. The molecule has 2 N–H and O–H groups in total. The topological polar surface area (TPSA) is 66.1 Å². The Balaban J connectivity index is 1.84. The van der Waals surface area contributed by atoms with Crippen LogP contribution in [-0.4, -0.2) is 32.3 Å². The zero-order valence-corrected chi connectivity index (χ0v) is 8.83. The number of rotatable bonds is 4. The van der Waals surface area contributed by atoms with Gasteiger partial charge in [0.1, 0.15) is 12.4 Å². The van der Waals surface area contributed by atoms with Crippen LogP contribution in [0.5, 0.6) is 5.75 Å². The summed E-state index contributed by atoms with van der Waals surface area (Å²) in [6.07, 6.45) is 1.33. The summed E-state index contributed by atoms with van der Waals surface area (Å²) in [6, 6.07) is 7.46. The highest BCUT2D eigenvalue weighted by Crippen LogP contribution is 2.13. The van der Waals surface area contributed by atoms with Crippen LogP contribution in [0.25, 0.3) is 0 Å². The summed E-state index contributed by atoms with van der Waals surface area (Å²) in [6.45, 7) is 1.68. The molecule has 1 aromatic carbocycles. The van der Waals surface area contributed by atoms with Crippen LogP contribution >= 0.6 is 0 Å². The summed E-state index contributed by atoms with van der Waals surface area (Å²) in [4.78, 5) is 0. The normalized spacial score (nSPS) is 17.0. The van der Waals surface area contributed by atoms with Gasteiger partial charge in [0.2, 0.25) is 0 Å². The molecule has 1 heterocycles. The summed E-state index contributed by atoms with van der Waals surface area (Å²) in [5.74, 6) is 5.82. The third-order valence-corrected chi connectivity index (χ3v) is 2.18. The molecule has 0 aromatic heterocycles. The van der Waals surface area contributed by atoms with Gasteiger partial charge in [-0.3, -0.25) is 0 Å². The molecule has 1 fully saturated rings. The molecular weight excluding hydrogens is 208 g/mol. The van der Waals surface area contributed by atoms with Gasteiger partial charge < -0.3 is 20.1 Å². The van der Waals surface area contributed by atoms with Crippen molar-refractivity contribution < 1.29 is 14.2 Å². The smallest absolute Gasteiger partial charge is 0.191 e. The van der Waals surface area contributed by atoms with Gasteiger partial charge in [0.05, 0.1) is 19.4 Å². The van der Waals surface area contributed by atoms with Gasteiger partial charge in [0, 0.05) is 0 Å². The SMILES string of the molecule is NN=Cc1ccc(OCC2OCCO2)cc1. The monoisotopic (exact) mass is 222 g/mol. The van der Waals surface area contributed by atoms with Crippen LogP contribution in [0.2, 0.25) is 0 Å². The van der Waals surface area contributed by atoms with Crippen LogP contribution in [0.4, 0.5) is 0 Å². The highest BCUT2D eigenvalue weighted by atomic mass is 16.7. The Morgan fingerprint density at radius 2 is 2.00 bits per heavy atom. The molecule has 1 aliphatic heterocycles. The number of ether oxygens (including phenoxy) is 3. The van der Waals surface area contributed by atoms with Crippen molar-refractivity contribution in [3.05, 3.63) is 29.8 Å². The van der Waals surface area contributed by atoms with E-state index in [4.69, 9.17) is 20.1 Å². The van der Waals surface area contributed by atoms with Crippen LogP contribution in [0.15, 0.2) is 29.4 Å². The predicted octanol–water partition coefficient (Wildman–Crippen LogP) is 0.731. The Labute approximate surface area is 93.8 Å². The zero-order valence-electron chi connectivity index (χ0n) is 8.83. The molecule has 0 bridgehead atoms. The fourth-order valence-electron chi connectivity index (χ4n) is 1.40. The lowest BCUT2D eigenvalue weighted by atomic mass is 10.2. The minimum atomic E-state index is -0.245. The Bertz CT molecular complexity index is 345. The van der Waals surface area contributed by atoms with E-state index < -0.39 is 0 Å². The molecule has 0 unspecified atom stereocenters. The van der Waals surface area contributed by atoms with Gasteiger partial charge >= 0.3 is 0 Å². The van der Waals surface area contributed by atoms with E-state index in [9.17, 15) is 0 Å². The number of hydrogen-bond donors (Lipinski definition) is 1. The van der Waals surface area contributed by atoms with Crippen molar-refractivity contribution in [1.82, 2.24) is 0 Å². The molecular formula is C11H14N2O3. The summed E-state index contributed by atoms with van der Waals surface area (Å²) < 4.78 is 16.0. The lowest BCUT2D eigenvalue weighted by molar-refractivity contribution is -0.0684. The number of hydrogen-bond acceptors (Lipinski definition) is 5. The van der Waals surface area contributed by atoms with E-state index in [2.05, 4.69) is 5.10 Å². The summed E-state index contributed by atoms with van der Waals surface area (Å²) in [5.41, 5.74) is 0.934. The second-order valence-corrected chi connectivity index (χ2v) is 3.33. The van der Waals surface area contributed by atoms with Gasteiger partial charge in [0.25, 0.3) is 0 Å². The van der Waals surface area contributed by atoms with Gasteiger partial charge in [0.15, 0.2) is 6.29 Å². The molecule has 1 aromatic rings. The first-order valence-corrected chi connectivity index (χ1v) is 5.08. The molecule has 1 saturated heterocycles. The van der Waals surface area contributed by atoms with Gasteiger partial charge in [-0.2, -0.15) is 5.10 Å². The fourth-order valence-corrected chi connectivity index (χ4v) is 1.40. The third-order valence-electron chi connectivity index (χ3n) is 2.18. The minimum Gasteiger partial charge on any atom is -0.488 e. The average Bonchev–Trinajstić information content (AvgIpc) is 2.82. The van der Waals surface area contributed by atoms with Crippen LogP contribution in [0, 0.1) is 0 Å². The molecule has 1 aliphatic rings. The Kier molecular flexibility index (Phi) is 3.74. The second kappa shape index (κ2) is 5.48. The standard InChI is InChI=1S/C11H14N2O3/c12-13-7-9-1-3-10(4-2-9)16-8-11-14-5-6-15-11/h1-4,7,11H,5-6,8,12H2. The molecule has 0 spiro atoms. The van der Waals surface area contributed by atoms with E-state index in [-0.39, 0.29) is 6.29 Å². The highest BCUT2D eigenvalue weighted by molar-refractivity contribution is 5.79. The Morgan fingerprint density at radius 3 is 2.62 bits per heavy atom. The van der Waals surface area contributed by atoms with E-state index in [1.807, 2.05) is 24.3 Å². The fraction of sp³-hybridized carbons (Fsp3) is 0.364. The molecule has 2 rings (SSSR count). The first kappa shape index (κ1) is 10.9. The summed E-state index contributed by atoms with van der Waals surface area (Å²) >= 11 is 0. The minimum absolute atomic E-state index is 0.245. The molecule has 86 valence electrons. The van der Waals surface area contributed by atoms with Crippen molar-refractivity contribution in [1.29, 1.82) is 0 Å². The molecule has 16 heavy (non-hydrogen) atoms. The average molecular weight is 222 g/mol. The number of hydrazone groups is 1. The van der Waals surface area contributed by atoms with Crippen molar-refractivity contribution in [2.45, 2.75) is 6.29 Å². The van der Waals surface area contributed by atoms with Crippen LogP contribution in [0.1, 0.15) is 5.56 Å². The molecule has 0 aliphatic carbocycles. The zero-order chi connectivity index (χ0) is 11.2. The number of benzene rings is 1. The number of nitrogens with zero attached hydrogens (tertiary/aromatic N) is 1. The number of nitrogens with two attached hydrogens (primary N) is 1. The Hall–Kier alpha value is -1.59. The van der Waals surface area contributed by atoms with Gasteiger partial charge in [-0.05, 0) is 29.8 Å². The largest absolute Gasteiger partial charge is 0.488 e. The van der Waals surface area contributed by atoms with Gasteiger partial charge in [-0.15, -0.1) is 0 Å². The van der Waals surface area contributed by atoms with Crippen molar-refractivity contribution in [2.75, 3.05) is 19.8 Å². The van der Waals surface area contributed by atoms with Crippen molar-refractivity contribution >= 4 is 6.21 Å². The van der Waals surface area contributed by atoms with E-state index in [0.717, 1.165) is 11.3 Å². The highest BCUT2D eigenvalue weighted by Gasteiger charge is 2.16. The third kappa shape index (κ3) is 2.95. The Morgan fingerprint density at radius 1 is 1.31 bits per heavy atom. The van der Waals surface area contributed by atoms with Gasteiger partial charge in [-0.25, -0.2) is 0 Å². The maximum absolute atomic E-state index is 5.50. The molecule has 5 nitrogen and oxygen atoms in total. The summed E-state index contributed by atoms with van der Waals surface area (Å²) in [7, 11) is 0. The lowest BCUT2D eigenvalue weighted by Gasteiger charge is -2.10. The van der Waals surface area contributed by atoms with Crippen molar-refractivity contribution in [3.8, 4) is 5.75 Å². The van der Waals surface area contributed by atoms with Crippen LogP contribution < -0.4 is 10.6 Å². The first-order valence-electron chi connectivity index (χ1n) is 5.08. The van der Waals surface area contributed by atoms with Crippen molar-refractivity contribution in [3.63, 3.8) is 0 Å². The van der Waals surface area contributed by atoms with E-state index in [1.54, 1.807) is 6.21 Å². The molecule has 0 radical (unpaired) electrons. The van der Waals surface area contributed by atoms with E-state index >= 15 is 0 Å². The van der Waals surface area contributed by atoms with Crippen molar-refractivity contribution in [2.24, 2.45) is 10.9 Å².